The minimum Gasteiger partial charge on any atom is -0.483 e. The summed E-state index contributed by atoms with van der Waals surface area (Å²) in [5.74, 6) is 0.554. The largest absolute Gasteiger partial charge is 0.483 e. The maximum absolute atomic E-state index is 11.8. The standard InChI is InChI=1S/C18H18N2O2/c1-13-3-4-14(2)17(9-13)22-12-18(21)20-11-16-7-5-15(10-19)6-8-16/h3-9H,11-12H2,1-2H3,(H,20,21). The molecule has 112 valence electrons. The number of nitriles is 1. The molecule has 0 aliphatic rings. The van der Waals surface area contributed by atoms with Gasteiger partial charge in [0, 0.05) is 6.54 Å². The molecule has 2 aromatic carbocycles. The third-order valence-electron chi connectivity index (χ3n) is 3.28. The monoisotopic (exact) mass is 294 g/mol. The summed E-state index contributed by atoms with van der Waals surface area (Å²) in [6, 6.07) is 15.1. The first-order valence-corrected chi connectivity index (χ1v) is 7.04. The second-order valence-electron chi connectivity index (χ2n) is 5.14. The van der Waals surface area contributed by atoms with Crippen LogP contribution in [0.2, 0.25) is 0 Å². The van der Waals surface area contributed by atoms with Crippen molar-refractivity contribution >= 4 is 5.91 Å². The number of ether oxygens (including phenoxy) is 1. The van der Waals surface area contributed by atoms with Gasteiger partial charge in [0.25, 0.3) is 5.91 Å². The summed E-state index contributed by atoms with van der Waals surface area (Å²) in [6.07, 6.45) is 0. The van der Waals surface area contributed by atoms with Crippen LogP contribution in [0.25, 0.3) is 0 Å². The van der Waals surface area contributed by atoms with Crippen LogP contribution in [-0.2, 0) is 11.3 Å². The zero-order valence-corrected chi connectivity index (χ0v) is 12.7. The summed E-state index contributed by atoms with van der Waals surface area (Å²) in [5.41, 5.74) is 3.65. The number of rotatable bonds is 5. The minimum absolute atomic E-state index is 0.0133. The Hall–Kier alpha value is -2.80. The Bertz CT molecular complexity index is 700. The van der Waals surface area contributed by atoms with Crippen LogP contribution in [0.4, 0.5) is 0 Å². The fraction of sp³-hybridized carbons (Fsp3) is 0.222. The van der Waals surface area contributed by atoms with Crippen LogP contribution >= 0.6 is 0 Å². The summed E-state index contributed by atoms with van der Waals surface area (Å²) in [5, 5.41) is 11.5. The number of amides is 1. The van der Waals surface area contributed by atoms with Crippen molar-refractivity contribution in [3.8, 4) is 11.8 Å². The highest BCUT2D eigenvalue weighted by molar-refractivity contribution is 5.77. The molecule has 1 amide bonds. The number of carbonyl (C=O) groups excluding carboxylic acids is 1. The zero-order chi connectivity index (χ0) is 15.9. The average molecular weight is 294 g/mol. The van der Waals surface area contributed by atoms with Crippen molar-refractivity contribution in [1.82, 2.24) is 5.32 Å². The lowest BCUT2D eigenvalue weighted by molar-refractivity contribution is -0.123. The van der Waals surface area contributed by atoms with Crippen LogP contribution in [0, 0.1) is 25.2 Å². The van der Waals surface area contributed by atoms with Crippen LogP contribution in [-0.4, -0.2) is 12.5 Å². The molecule has 0 radical (unpaired) electrons. The number of carbonyl (C=O) groups is 1. The van der Waals surface area contributed by atoms with E-state index < -0.39 is 0 Å². The summed E-state index contributed by atoms with van der Waals surface area (Å²) in [6.45, 7) is 4.34. The van der Waals surface area contributed by atoms with Gasteiger partial charge in [-0.05, 0) is 48.7 Å². The number of benzene rings is 2. The number of hydrogen-bond acceptors (Lipinski definition) is 3. The predicted octanol–water partition coefficient (Wildman–Crippen LogP) is 2.87. The summed E-state index contributed by atoms with van der Waals surface area (Å²) >= 11 is 0. The van der Waals surface area contributed by atoms with Gasteiger partial charge >= 0.3 is 0 Å². The van der Waals surface area contributed by atoms with E-state index >= 15 is 0 Å². The van der Waals surface area contributed by atoms with Crippen LogP contribution in [0.5, 0.6) is 5.75 Å². The summed E-state index contributed by atoms with van der Waals surface area (Å²) in [4.78, 5) is 11.8. The van der Waals surface area contributed by atoms with E-state index in [0.717, 1.165) is 22.4 Å². The second-order valence-corrected chi connectivity index (χ2v) is 5.14. The Morgan fingerprint density at radius 2 is 1.91 bits per heavy atom. The molecule has 0 heterocycles. The SMILES string of the molecule is Cc1ccc(C)c(OCC(=O)NCc2ccc(C#N)cc2)c1. The van der Waals surface area contributed by atoms with Crippen molar-refractivity contribution in [3.05, 3.63) is 64.7 Å². The molecular formula is C18H18N2O2. The van der Waals surface area contributed by atoms with Gasteiger partial charge in [-0.2, -0.15) is 5.26 Å². The van der Waals surface area contributed by atoms with Crippen LogP contribution in [0.3, 0.4) is 0 Å². The molecule has 0 aromatic heterocycles. The molecule has 4 heteroatoms. The van der Waals surface area contributed by atoms with Crippen molar-refractivity contribution in [2.24, 2.45) is 0 Å². The van der Waals surface area contributed by atoms with Gasteiger partial charge in [-0.1, -0.05) is 24.3 Å². The van der Waals surface area contributed by atoms with E-state index in [0.29, 0.717) is 12.1 Å². The number of aryl methyl sites for hydroxylation is 2. The molecular weight excluding hydrogens is 276 g/mol. The molecule has 0 atom stereocenters. The molecule has 2 rings (SSSR count). The smallest absolute Gasteiger partial charge is 0.258 e. The third-order valence-corrected chi connectivity index (χ3v) is 3.28. The number of hydrogen-bond donors (Lipinski definition) is 1. The predicted molar refractivity (Wildman–Crippen MR) is 84.4 cm³/mol. The van der Waals surface area contributed by atoms with Crippen LogP contribution < -0.4 is 10.1 Å². The van der Waals surface area contributed by atoms with Crippen molar-refractivity contribution in [1.29, 1.82) is 5.26 Å². The highest BCUT2D eigenvalue weighted by atomic mass is 16.5. The molecule has 0 saturated carbocycles. The molecule has 4 nitrogen and oxygen atoms in total. The fourth-order valence-electron chi connectivity index (χ4n) is 1.95. The summed E-state index contributed by atoms with van der Waals surface area (Å²) < 4.78 is 5.55. The van der Waals surface area contributed by atoms with Crippen LogP contribution in [0.1, 0.15) is 22.3 Å². The van der Waals surface area contributed by atoms with Gasteiger partial charge in [-0.25, -0.2) is 0 Å². The Morgan fingerprint density at radius 3 is 2.59 bits per heavy atom. The Morgan fingerprint density at radius 1 is 1.18 bits per heavy atom. The first-order valence-electron chi connectivity index (χ1n) is 7.04. The van der Waals surface area contributed by atoms with Gasteiger partial charge in [-0.3, -0.25) is 4.79 Å². The highest BCUT2D eigenvalue weighted by Gasteiger charge is 2.05. The number of nitrogens with one attached hydrogen (secondary N) is 1. The molecule has 1 N–H and O–H groups in total. The Kier molecular flexibility index (Phi) is 5.16. The van der Waals surface area contributed by atoms with E-state index in [1.807, 2.05) is 44.2 Å². The third kappa shape index (κ3) is 4.35. The van der Waals surface area contributed by atoms with Crippen molar-refractivity contribution in [2.45, 2.75) is 20.4 Å². The fourth-order valence-corrected chi connectivity index (χ4v) is 1.95. The quantitative estimate of drug-likeness (QED) is 0.922. The lowest BCUT2D eigenvalue weighted by atomic mass is 10.1. The molecule has 2 aromatic rings. The average Bonchev–Trinajstić information content (AvgIpc) is 2.54. The molecule has 0 bridgehead atoms. The highest BCUT2D eigenvalue weighted by Crippen LogP contribution is 2.18. The lowest BCUT2D eigenvalue weighted by Crippen LogP contribution is -2.28. The summed E-state index contributed by atoms with van der Waals surface area (Å²) in [7, 11) is 0. The van der Waals surface area contributed by atoms with Crippen molar-refractivity contribution in [2.75, 3.05) is 6.61 Å². The van der Waals surface area contributed by atoms with E-state index in [1.54, 1.807) is 12.1 Å². The topological polar surface area (TPSA) is 62.1 Å². The van der Waals surface area contributed by atoms with Gasteiger partial charge < -0.3 is 10.1 Å². The van der Waals surface area contributed by atoms with E-state index in [1.165, 1.54) is 0 Å². The van der Waals surface area contributed by atoms with Gasteiger partial charge in [-0.15, -0.1) is 0 Å². The first-order chi connectivity index (χ1) is 10.6. The van der Waals surface area contributed by atoms with Crippen molar-refractivity contribution in [3.63, 3.8) is 0 Å². The zero-order valence-electron chi connectivity index (χ0n) is 12.7. The Balaban J connectivity index is 1.83. The van der Waals surface area contributed by atoms with E-state index in [2.05, 4.69) is 11.4 Å². The van der Waals surface area contributed by atoms with Crippen LogP contribution in [0.15, 0.2) is 42.5 Å². The minimum atomic E-state index is -0.176. The number of nitrogens with zero attached hydrogens (tertiary/aromatic N) is 1. The Labute approximate surface area is 130 Å². The van der Waals surface area contributed by atoms with E-state index in [4.69, 9.17) is 10.00 Å². The van der Waals surface area contributed by atoms with E-state index in [-0.39, 0.29) is 12.5 Å². The molecule has 0 aliphatic carbocycles. The molecule has 0 aliphatic heterocycles. The van der Waals surface area contributed by atoms with Gasteiger partial charge in [0.2, 0.25) is 0 Å². The molecule has 0 fully saturated rings. The van der Waals surface area contributed by atoms with Gasteiger partial charge in [0.05, 0.1) is 11.6 Å². The first kappa shape index (κ1) is 15.6. The van der Waals surface area contributed by atoms with Gasteiger partial charge in [0.15, 0.2) is 6.61 Å². The van der Waals surface area contributed by atoms with E-state index in [9.17, 15) is 4.79 Å². The molecule has 22 heavy (non-hydrogen) atoms. The van der Waals surface area contributed by atoms with Crippen molar-refractivity contribution < 1.29 is 9.53 Å². The van der Waals surface area contributed by atoms with Gasteiger partial charge in [0.1, 0.15) is 5.75 Å². The molecule has 0 spiro atoms. The molecule has 0 saturated heterocycles. The normalized spacial score (nSPS) is 9.86. The maximum Gasteiger partial charge on any atom is 0.258 e. The molecule has 0 unspecified atom stereocenters. The second kappa shape index (κ2) is 7.28. The lowest BCUT2D eigenvalue weighted by Gasteiger charge is -2.10. The maximum atomic E-state index is 11.8.